The van der Waals surface area contributed by atoms with E-state index in [0.29, 0.717) is 6.54 Å². The zero-order valence-electron chi connectivity index (χ0n) is 16.7. The molecule has 7 heteroatoms. The minimum absolute atomic E-state index is 0.118. The number of rotatable bonds is 8. The van der Waals surface area contributed by atoms with E-state index in [1.807, 2.05) is 6.92 Å². The lowest BCUT2D eigenvalue weighted by Crippen LogP contribution is -2.47. The summed E-state index contributed by atoms with van der Waals surface area (Å²) in [6, 6.07) is 10.4. The van der Waals surface area contributed by atoms with Crippen LogP contribution in [0.5, 0.6) is 0 Å². The van der Waals surface area contributed by atoms with Crippen LogP contribution in [-0.4, -0.2) is 26.6 Å². The molecular weight excluding hydrogens is 379 g/mol. The monoisotopic (exact) mass is 406 g/mol. The van der Waals surface area contributed by atoms with Crippen molar-refractivity contribution in [1.82, 2.24) is 5.32 Å². The molecule has 5 nitrogen and oxygen atoms in total. The first-order valence-electron chi connectivity index (χ1n) is 9.30. The van der Waals surface area contributed by atoms with Crippen LogP contribution in [0.4, 0.5) is 10.1 Å². The van der Waals surface area contributed by atoms with Gasteiger partial charge in [-0.2, -0.15) is 0 Å². The zero-order valence-corrected chi connectivity index (χ0v) is 17.5. The van der Waals surface area contributed by atoms with E-state index in [1.54, 1.807) is 0 Å². The molecule has 0 unspecified atom stereocenters. The van der Waals surface area contributed by atoms with Crippen molar-refractivity contribution >= 4 is 21.6 Å². The summed E-state index contributed by atoms with van der Waals surface area (Å²) in [5.41, 5.74) is 3.44. The standard InChI is InChI=1S/C21H27FN2O3S/c1-5-16-10-11-17(6-2)18(12-16)14-23-21(25)15(3)24(28(4,26)27)20-9-7-8-19(22)13-20/h7-13,15H,5-6,14H2,1-4H3,(H,23,25)/t15-/m0/s1. The Labute approximate surface area is 166 Å². The Morgan fingerprint density at radius 2 is 1.82 bits per heavy atom. The van der Waals surface area contributed by atoms with Gasteiger partial charge >= 0.3 is 0 Å². The number of carbonyl (C=O) groups excluding carboxylic acids is 1. The third-order valence-electron chi connectivity index (χ3n) is 4.66. The van der Waals surface area contributed by atoms with Gasteiger partial charge in [-0.25, -0.2) is 12.8 Å². The average molecular weight is 407 g/mol. The molecule has 0 radical (unpaired) electrons. The van der Waals surface area contributed by atoms with Crippen LogP contribution in [-0.2, 0) is 34.2 Å². The zero-order chi connectivity index (χ0) is 20.9. The molecule has 0 aliphatic heterocycles. The smallest absolute Gasteiger partial charge is 0.243 e. The second-order valence-corrected chi connectivity index (χ2v) is 8.60. The van der Waals surface area contributed by atoms with Gasteiger partial charge in [-0.1, -0.05) is 38.1 Å². The van der Waals surface area contributed by atoms with Gasteiger partial charge in [-0.3, -0.25) is 9.10 Å². The Morgan fingerprint density at radius 1 is 1.11 bits per heavy atom. The first-order chi connectivity index (χ1) is 13.2. The van der Waals surface area contributed by atoms with Crippen molar-refractivity contribution in [2.75, 3.05) is 10.6 Å². The van der Waals surface area contributed by atoms with Crippen molar-refractivity contribution in [2.24, 2.45) is 0 Å². The summed E-state index contributed by atoms with van der Waals surface area (Å²) >= 11 is 0. The number of aryl methyl sites for hydroxylation is 2. The lowest BCUT2D eigenvalue weighted by molar-refractivity contribution is -0.122. The van der Waals surface area contributed by atoms with Crippen LogP contribution >= 0.6 is 0 Å². The number of anilines is 1. The molecule has 28 heavy (non-hydrogen) atoms. The molecule has 0 spiro atoms. The Kier molecular flexibility index (Phi) is 7.18. The molecule has 0 heterocycles. The Hall–Kier alpha value is -2.41. The Bertz CT molecular complexity index is 944. The lowest BCUT2D eigenvalue weighted by Gasteiger charge is -2.28. The van der Waals surface area contributed by atoms with Crippen molar-refractivity contribution < 1.29 is 17.6 Å². The van der Waals surface area contributed by atoms with Gasteiger partial charge in [-0.15, -0.1) is 0 Å². The number of hydrogen-bond donors (Lipinski definition) is 1. The first-order valence-corrected chi connectivity index (χ1v) is 11.2. The van der Waals surface area contributed by atoms with Gasteiger partial charge < -0.3 is 5.32 Å². The van der Waals surface area contributed by atoms with Gasteiger partial charge in [0.25, 0.3) is 0 Å². The van der Waals surface area contributed by atoms with E-state index >= 15 is 0 Å². The quantitative estimate of drug-likeness (QED) is 0.730. The van der Waals surface area contributed by atoms with Crippen molar-refractivity contribution in [3.8, 4) is 0 Å². The number of carbonyl (C=O) groups is 1. The molecule has 2 rings (SSSR count). The van der Waals surface area contributed by atoms with Crippen LogP contribution in [0.2, 0.25) is 0 Å². The van der Waals surface area contributed by atoms with Crippen molar-refractivity contribution in [1.29, 1.82) is 0 Å². The second-order valence-electron chi connectivity index (χ2n) is 6.74. The SMILES string of the molecule is CCc1ccc(CC)c(CNC(=O)[C@H](C)N(c2cccc(F)c2)S(C)(=O)=O)c1. The number of nitrogens with zero attached hydrogens (tertiary/aromatic N) is 1. The number of hydrogen-bond acceptors (Lipinski definition) is 3. The third-order valence-corrected chi connectivity index (χ3v) is 5.91. The summed E-state index contributed by atoms with van der Waals surface area (Å²) in [6.07, 6.45) is 2.73. The molecule has 0 bridgehead atoms. The maximum Gasteiger partial charge on any atom is 0.243 e. The summed E-state index contributed by atoms with van der Waals surface area (Å²) in [4.78, 5) is 12.7. The third kappa shape index (κ3) is 5.32. The topological polar surface area (TPSA) is 66.5 Å². The van der Waals surface area contributed by atoms with Gasteiger partial charge in [0.1, 0.15) is 11.9 Å². The van der Waals surface area contributed by atoms with Crippen LogP contribution in [0.15, 0.2) is 42.5 Å². The molecule has 1 amide bonds. The molecule has 1 atom stereocenters. The molecule has 2 aromatic rings. The molecule has 0 saturated heterocycles. The van der Waals surface area contributed by atoms with Crippen LogP contribution in [0, 0.1) is 5.82 Å². The Balaban J connectivity index is 2.22. The van der Waals surface area contributed by atoms with Gasteiger partial charge in [-0.05, 0) is 54.7 Å². The fraction of sp³-hybridized carbons (Fsp3) is 0.381. The van der Waals surface area contributed by atoms with Crippen LogP contribution in [0.3, 0.4) is 0 Å². The van der Waals surface area contributed by atoms with Crippen LogP contribution in [0.1, 0.15) is 37.5 Å². The van der Waals surface area contributed by atoms with Crippen LogP contribution < -0.4 is 9.62 Å². The molecule has 2 aromatic carbocycles. The molecule has 0 aliphatic carbocycles. The molecule has 0 fully saturated rings. The minimum atomic E-state index is -3.78. The highest BCUT2D eigenvalue weighted by molar-refractivity contribution is 7.92. The van der Waals surface area contributed by atoms with E-state index in [0.717, 1.165) is 40.6 Å². The molecule has 1 N–H and O–H groups in total. The second kappa shape index (κ2) is 9.19. The largest absolute Gasteiger partial charge is 0.350 e. The van der Waals surface area contributed by atoms with Gasteiger partial charge in [0.15, 0.2) is 0 Å². The molecule has 0 saturated carbocycles. The van der Waals surface area contributed by atoms with E-state index in [2.05, 4.69) is 30.4 Å². The fourth-order valence-electron chi connectivity index (χ4n) is 3.16. The van der Waals surface area contributed by atoms with E-state index in [1.165, 1.54) is 30.7 Å². The van der Waals surface area contributed by atoms with E-state index in [4.69, 9.17) is 0 Å². The van der Waals surface area contributed by atoms with Crippen molar-refractivity contribution in [3.63, 3.8) is 0 Å². The number of nitrogens with one attached hydrogen (secondary N) is 1. The van der Waals surface area contributed by atoms with E-state index < -0.39 is 27.8 Å². The predicted molar refractivity (Wildman–Crippen MR) is 110 cm³/mol. The van der Waals surface area contributed by atoms with Gasteiger partial charge in [0, 0.05) is 6.54 Å². The molecular formula is C21H27FN2O3S. The van der Waals surface area contributed by atoms with E-state index in [9.17, 15) is 17.6 Å². The summed E-state index contributed by atoms with van der Waals surface area (Å²) in [6.45, 7) is 5.91. The Morgan fingerprint density at radius 3 is 2.39 bits per heavy atom. The predicted octanol–water partition coefficient (Wildman–Crippen LogP) is 3.42. The molecule has 152 valence electrons. The summed E-state index contributed by atoms with van der Waals surface area (Å²) in [5.74, 6) is -1.01. The summed E-state index contributed by atoms with van der Waals surface area (Å²) < 4.78 is 39.1. The maximum absolute atomic E-state index is 13.6. The van der Waals surface area contributed by atoms with E-state index in [-0.39, 0.29) is 5.69 Å². The minimum Gasteiger partial charge on any atom is -0.350 e. The average Bonchev–Trinajstić information content (AvgIpc) is 2.64. The number of sulfonamides is 1. The molecule has 0 aromatic heterocycles. The van der Waals surface area contributed by atoms with Gasteiger partial charge in [0.2, 0.25) is 15.9 Å². The highest BCUT2D eigenvalue weighted by Crippen LogP contribution is 2.22. The molecule has 0 aliphatic rings. The van der Waals surface area contributed by atoms with Crippen molar-refractivity contribution in [2.45, 2.75) is 46.2 Å². The highest BCUT2D eigenvalue weighted by atomic mass is 32.2. The normalized spacial score (nSPS) is 12.5. The highest BCUT2D eigenvalue weighted by Gasteiger charge is 2.29. The van der Waals surface area contributed by atoms with Gasteiger partial charge in [0.05, 0.1) is 11.9 Å². The fourth-order valence-corrected chi connectivity index (χ4v) is 4.33. The number of benzene rings is 2. The summed E-state index contributed by atoms with van der Waals surface area (Å²) in [5, 5.41) is 2.82. The number of halogens is 1. The lowest BCUT2D eigenvalue weighted by atomic mass is 10.0. The summed E-state index contributed by atoms with van der Waals surface area (Å²) in [7, 11) is -3.78. The maximum atomic E-state index is 13.6. The van der Waals surface area contributed by atoms with Crippen LogP contribution in [0.25, 0.3) is 0 Å². The van der Waals surface area contributed by atoms with Crippen molar-refractivity contribution in [3.05, 3.63) is 65.0 Å². The first kappa shape index (κ1) is 21.9. The number of amides is 1.